The molecular formula is C7H5NNaO4+. The average molecular weight is 190 g/mol. The molecule has 62 valence electrons. The fraction of sp³-hybridized carbons (Fsp3) is 0. The third-order valence-electron chi connectivity index (χ3n) is 1.33. The van der Waals surface area contributed by atoms with Gasteiger partial charge in [0.05, 0.1) is 10.5 Å². The Morgan fingerprint density at radius 2 is 1.77 bits per heavy atom. The van der Waals surface area contributed by atoms with Crippen molar-refractivity contribution in [3.8, 4) is 0 Å². The number of hydrogen-bond acceptors (Lipinski definition) is 3. The van der Waals surface area contributed by atoms with Crippen molar-refractivity contribution in [2.45, 2.75) is 0 Å². The van der Waals surface area contributed by atoms with E-state index in [0.717, 1.165) is 12.1 Å². The molecule has 1 aromatic rings. The number of nitro benzene ring substituents is 1. The Labute approximate surface area is 95.8 Å². The van der Waals surface area contributed by atoms with E-state index < -0.39 is 10.9 Å². The molecule has 13 heavy (non-hydrogen) atoms. The molecule has 0 atom stereocenters. The van der Waals surface area contributed by atoms with Crippen LogP contribution in [0.2, 0.25) is 0 Å². The zero-order valence-corrected chi connectivity index (χ0v) is 8.93. The smallest absolute Gasteiger partial charge is 0.478 e. The minimum Gasteiger partial charge on any atom is -0.478 e. The number of nitrogens with zero attached hydrogens (tertiary/aromatic N) is 1. The summed E-state index contributed by atoms with van der Waals surface area (Å²) in [6.45, 7) is 0. The van der Waals surface area contributed by atoms with E-state index in [2.05, 4.69) is 0 Å². The van der Waals surface area contributed by atoms with Gasteiger partial charge in [-0.05, 0) is 12.1 Å². The summed E-state index contributed by atoms with van der Waals surface area (Å²) >= 11 is 0. The van der Waals surface area contributed by atoms with E-state index in [1.165, 1.54) is 12.1 Å². The van der Waals surface area contributed by atoms with Crippen LogP contribution in [0.4, 0.5) is 5.69 Å². The minimum atomic E-state index is -1.09. The first kappa shape index (κ1) is 12.1. The molecule has 0 bridgehead atoms. The van der Waals surface area contributed by atoms with Crippen molar-refractivity contribution in [1.82, 2.24) is 0 Å². The summed E-state index contributed by atoms with van der Waals surface area (Å²) in [5, 5.41) is 18.6. The molecule has 0 saturated heterocycles. The quantitative estimate of drug-likeness (QED) is 0.342. The van der Waals surface area contributed by atoms with Crippen molar-refractivity contribution < 1.29 is 44.4 Å². The van der Waals surface area contributed by atoms with Crippen LogP contribution in [-0.2, 0) is 0 Å². The molecule has 6 heteroatoms. The Hall–Kier alpha value is -0.910. The molecule has 1 N–H and O–H groups in total. The van der Waals surface area contributed by atoms with Crippen LogP contribution in [0.3, 0.4) is 0 Å². The fourth-order valence-corrected chi connectivity index (χ4v) is 0.726. The van der Waals surface area contributed by atoms with Crippen molar-refractivity contribution in [3.05, 3.63) is 39.9 Å². The topological polar surface area (TPSA) is 80.4 Å². The van der Waals surface area contributed by atoms with Gasteiger partial charge in [0.2, 0.25) is 0 Å². The van der Waals surface area contributed by atoms with Crippen LogP contribution in [0.25, 0.3) is 0 Å². The van der Waals surface area contributed by atoms with Crippen molar-refractivity contribution in [1.29, 1.82) is 0 Å². The second-order valence-electron chi connectivity index (χ2n) is 2.11. The van der Waals surface area contributed by atoms with Gasteiger partial charge >= 0.3 is 35.5 Å². The first-order valence-electron chi connectivity index (χ1n) is 3.09. The molecule has 0 saturated carbocycles. The summed E-state index contributed by atoms with van der Waals surface area (Å²) in [6.07, 6.45) is 0. The summed E-state index contributed by atoms with van der Waals surface area (Å²) in [5.74, 6) is -1.09. The van der Waals surface area contributed by atoms with Gasteiger partial charge in [0.25, 0.3) is 5.69 Å². The molecule has 0 fully saturated rings. The standard InChI is InChI=1S/C7H5NO4.Na/c9-7(10)5-1-3-6(4-2-5)8(11)12;/h1-4H,(H,9,10);/q;+1. The number of non-ortho nitro benzene ring substituents is 1. The molecule has 0 aliphatic rings. The predicted molar refractivity (Wildman–Crippen MR) is 40.1 cm³/mol. The third-order valence-corrected chi connectivity index (χ3v) is 1.33. The molecule has 0 aliphatic heterocycles. The average Bonchev–Trinajstić information content (AvgIpc) is 2.04. The molecular weight excluding hydrogens is 185 g/mol. The van der Waals surface area contributed by atoms with Gasteiger partial charge in [0, 0.05) is 12.1 Å². The van der Waals surface area contributed by atoms with Gasteiger partial charge in [-0.15, -0.1) is 0 Å². The molecule has 0 radical (unpaired) electrons. The maximum atomic E-state index is 10.3. The van der Waals surface area contributed by atoms with Crippen LogP contribution in [-0.4, -0.2) is 16.0 Å². The number of aromatic carboxylic acids is 1. The van der Waals surface area contributed by atoms with E-state index in [-0.39, 0.29) is 40.8 Å². The second kappa shape index (κ2) is 4.96. The van der Waals surface area contributed by atoms with E-state index in [4.69, 9.17) is 5.11 Å². The van der Waals surface area contributed by atoms with E-state index in [0.29, 0.717) is 0 Å². The summed E-state index contributed by atoms with van der Waals surface area (Å²) in [4.78, 5) is 19.9. The van der Waals surface area contributed by atoms with E-state index >= 15 is 0 Å². The van der Waals surface area contributed by atoms with E-state index in [9.17, 15) is 14.9 Å². The third kappa shape index (κ3) is 3.14. The van der Waals surface area contributed by atoms with Gasteiger partial charge in [-0.25, -0.2) is 4.79 Å². The Bertz CT molecular complexity index is 289. The number of nitro groups is 1. The molecule has 5 nitrogen and oxygen atoms in total. The van der Waals surface area contributed by atoms with E-state index in [1.807, 2.05) is 0 Å². The van der Waals surface area contributed by atoms with Gasteiger partial charge in [-0.3, -0.25) is 10.1 Å². The van der Waals surface area contributed by atoms with Crippen LogP contribution >= 0.6 is 0 Å². The molecule has 1 aromatic carbocycles. The second-order valence-corrected chi connectivity index (χ2v) is 2.11. The summed E-state index contributed by atoms with van der Waals surface area (Å²) in [7, 11) is 0. The van der Waals surface area contributed by atoms with Crippen LogP contribution in [0.1, 0.15) is 10.4 Å². The first-order valence-corrected chi connectivity index (χ1v) is 3.09. The normalized spacial score (nSPS) is 8.62. The number of carboxylic acids is 1. The largest absolute Gasteiger partial charge is 1.00 e. The SMILES string of the molecule is O=C(O)c1ccc([N+](=O)[O-])cc1.[Na+]. The predicted octanol–water partition coefficient (Wildman–Crippen LogP) is -1.70. The van der Waals surface area contributed by atoms with Crippen LogP contribution in [0.15, 0.2) is 24.3 Å². The van der Waals surface area contributed by atoms with Crippen molar-refractivity contribution in [2.75, 3.05) is 0 Å². The van der Waals surface area contributed by atoms with Gasteiger partial charge in [0.15, 0.2) is 0 Å². The summed E-state index contributed by atoms with van der Waals surface area (Å²) in [5.41, 5.74) is -0.0689. The molecule has 0 unspecified atom stereocenters. The van der Waals surface area contributed by atoms with Gasteiger partial charge in [-0.1, -0.05) is 0 Å². The van der Waals surface area contributed by atoms with Gasteiger partial charge in [-0.2, -0.15) is 0 Å². The van der Waals surface area contributed by atoms with Crippen LogP contribution in [0.5, 0.6) is 0 Å². The Balaban J connectivity index is 0.00000144. The van der Waals surface area contributed by atoms with E-state index in [1.54, 1.807) is 0 Å². The molecule has 0 aliphatic carbocycles. The monoisotopic (exact) mass is 190 g/mol. The van der Waals surface area contributed by atoms with Gasteiger partial charge in [0.1, 0.15) is 0 Å². The fourth-order valence-electron chi connectivity index (χ4n) is 0.726. The Morgan fingerprint density at radius 3 is 2.08 bits per heavy atom. The number of rotatable bonds is 2. The Morgan fingerprint density at radius 1 is 1.31 bits per heavy atom. The van der Waals surface area contributed by atoms with Crippen molar-refractivity contribution in [2.24, 2.45) is 0 Å². The Kier molecular flexibility index (Phi) is 4.61. The minimum absolute atomic E-state index is 0. The van der Waals surface area contributed by atoms with Crippen molar-refractivity contribution in [3.63, 3.8) is 0 Å². The zero-order chi connectivity index (χ0) is 9.14. The van der Waals surface area contributed by atoms with Crippen LogP contribution in [0, 0.1) is 10.1 Å². The molecule has 0 heterocycles. The zero-order valence-electron chi connectivity index (χ0n) is 6.93. The van der Waals surface area contributed by atoms with Crippen molar-refractivity contribution >= 4 is 11.7 Å². The summed E-state index contributed by atoms with van der Waals surface area (Å²) < 4.78 is 0. The first-order chi connectivity index (χ1) is 5.61. The van der Waals surface area contributed by atoms with Crippen LogP contribution < -0.4 is 29.6 Å². The molecule has 0 amide bonds. The molecule has 0 spiro atoms. The maximum Gasteiger partial charge on any atom is 1.00 e. The van der Waals surface area contributed by atoms with Gasteiger partial charge < -0.3 is 5.11 Å². The molecule has 0 aromatic heterocycles. The molecule has 1 rings (SSSR count). The maximum absolute atomic E-state index is 10.3. The number of carbonyl (C=O) groups is 1. The number of hydrogen-bond donors (Lipinski definition) is 1. The number of carboxylic acid groups (broad SMARTS) is 1. The summed E-state index contributed by atoms with van der Waals surface area (Å²) in [6, 6.07) is 4.70. The number of benzene rings is 1.